The molecule has 1 aromatic heterocycles. The Morgan fingerprint density at radius 2 is 1.96 bits per heavy atom. The molecular formula is C20H25N3O4. The van der Waals surface area contributed by atoms with Crippen LogP contribution < -0.4 is 0 Å². The molecule has 144 valence electrons. The molecule has 2 saturated heterocycles. The summed E-state index contributed by atoms with van der Waals surface area (Å²) in [6.45, 7) is 1.39. The smallest absolute Gasteiger partial charge is 0.257 e. The summed E-state index contributed by atoms with van der Waals surface area (Å²) < 4.78 is 17.1. The van der Waals surface area contributed by atoms with Gasteiger partial charge in [0.25, 0.3) is 5.91 Å². The van der Waals surface area contributed by atoms with Gasteiger partial charge < -0.3 is 18.8 Å². The van der Waals surface area contributed by atoms with E-state index in [9.17, 15) is 4.79 Å². The zero-order valence-electron chi connectivity index (χ0n) is 15.5. The molecule has 0 bridgehead atoms. The van der Waals surface area contributed by atoms with Gasteiger partial charge >= 0.3 is 0 Å². The van der Waals surface area contributed by atoms with Gasteiger partial charge in [0, 0.05) is 20.3 Å². The highest BCUT2D eigenvalue weighted by Crippen LogP contribution is 2.35. The van der Waals surface area contributed by atoms with Crippen LogP contribution in [-0.2, 0) is 14.3 Å². The maximum atomic E-state index is 13.3. The number of methoxy groups -OCH3 is 1. The number of rotatable bonds is 5. The quantitative estimate of drug-likeness (QED) is 0.802. The van der Waals surface area contributed by atoms with Gasteiger partial charge in [-0.15, -0.1) is 10.2 Å². The van der Waals surface area contributed by atoms with Crippen LogP contribution >= 0.6 is 0 Å². The second kappa shape index (κ2) is 8.19. The van der Waals surface area contributed by atoms with Crippen LogP contribution in [0.4, 0.5) is 0 Å². The summed E-state index contributed by atoms with van der Waals surface area (Å²) in [6, 6.07) is 9.36. The van der Waals surface area contributed by atoms with E-state index < -0.39 is 6.10 Å². The number of carbonyl (C=O) groups is 1. The molecule has 0 aliphatic carbocycles. The van der Waals surface area contributed by atoms with E-state index in [-0.39, 0.29) is 18.1 Å². The van der Waals surface area contributed by atoms with Crippen molar-refractivity contribution in [3.05, 3.63) is 47.7 Å². The number of likely N-dealkylation sites (tertiary alicyclic amines) is 1. The Kier molecular flexibility index (Phi) is 5.50. The Bertz CT molecular complexity index is 758. The lowest BCUT2D eigenvalue weighted by atomic mass is 9.99. The molecule has 7 heteroatoms. The Labute approximate surface area is 158 Å². The molecule has 0 saturated carbocycles. The molecule has 7 nitrogen and oxygen atoms in total. The molecule has 1 amide bonds. The number of nitrogens with zero attached hydrogens (tertiary/aromatic N) is 3. The SMILES string of the molecule is CO[C@@H](C(=O)N1CCCCC1c1nnc([C@H]2CCCO2)o1)c1ccccc1. The predicted molar refractivity (Wildman–Crippen MR) is 96.7 cm³/mol. The lowest BCUT2D eigenvalue weighted by Crippen LogP contribution is -2.41. The van der Waals surface area contributed by atoms with Crippen LogP contribution in [0.25, 0.3) is 0 Å². The molecule has 3 atom stereocenters. The van der Waals surface area contributed by atoms with Gasteiger partial charge in [0.1, 0.15) is 12.1 Å². The number of hydrogen-bond acceptors (Lipinski definition) is 6. The van der Waals surface area contributed by atoms with Gasteiger partial charge in [-0.3, -0.25) is 4.79 Å². The van der Waals surface area contributed by atoms with Gasteiger partial charge in [-0.2, -0.15) is 0 Å². The van der Waals surface area contributed by atoms with Crippen molar-refractivity contribution in [2.45, 2.75) is 50.4 Å². The van der Waals surface area contributed by atoms with Crippen molar-refractivity contribution < 1.29 is 18.7 Å². The van der Waals surface area contributed by atoms with Crippen molar-refractivity contribution in [1.29, 1.82) is 0 Å². The molecule has 1 aromatic carbocycles. The molecule has 2 aliphatic heterocycles. The third-order valence-corrected chi connectivity index (χ3v) is 5.29. The Morgan fingerprint density at radius 3 is 2.70 bits per heavy atom. The van der Waals surface area contributed by atoms with E-state index in [0.717, 1.165) is 44.3 Å². The molecule has 2 fully saturated rings. The minimum atomic E-state index is -0.632. The summed E-state index contributed by atoms with van der Waals surface area (Å²) in [4.78, 5) is 15.1. The van der Waals surface area contributed by atoms with Crippen molar-refractivity contribution in [3.8, 4) is 0 Å². The zero-order valence-corrected chi connectivity index (χ0v) is 15.5. The van der Waals surface area contributed by atoms with Crippen molar-refractivity contribution in [2.75, 3.05) is 20.3 Å². The topological polar surface area (TPSA) is 77.7 Å². The van der Waals surface area contributed by atoms with E-state index in [2.05, 4.69) is 10.2 Å². The van der Waals surface area contributed by atoms with Crippen molar-refractivity contribution in [1.82, 2.24) is 15.1 Å². The second-order valence-electron chi connectivity index (χ2n) is 7.05. The third-order valence-electron chi connectivity index (χ3n) is 5.29. The molecule has 2 aromatic rings. The van der Waals surface area contributed by atoms with Gasteiger partial charge in [0.15, 0.2) is 6.10 Å². The molecule has 1 unspecified atom stereocenters. The number of carbonyl (C=O) groups excluding carboxylic acids is 1. The summed E-state index contributed by atoms with van der Waals surface area (Å²) in [5.74, 6) is 0.952. The lowest BCUT2D eigenvalue weighted by molar-refractivity contribution is -0.147. The number of benzene rings is 1. The molecule has 4 rings (SSSR count). The second-order valence-corrected chi connectivity index (χ2v) is 7.05. The molecule has 27 heavy (non-hydrogen) atoms. The van der Waals surface area contributed by atoms with Crippen LogP contribution in [0.15, 0.2) is 34.7 Å². The monoisotopic (exact) mass is 371 g/mol. The maximum absolute atomic E-state index is 13.3. The van der Waals surface area contributed by atoms with Crippen LogP contribution in [0.5, 0.6) is 0 Å². The first-order valence-electron chi connectivity index (χ1n) is 9.61. The standard InChI is InChI=1S/C20H25N3O4/c1-25-17(14-8-3-2-4-9-14)20(24)23-12-6-5-10-15(23)18-21-22-19(27-18)16-11-7-13-26-16/h2-4,8-9,15-17H,5-7,10-13H2,1H3/t15?,16-,17-/m1/s1. The van der Waals surface area contributed by atoms with Crippen molar-refractivity contribution >= 4 is 5.91 Å². The number of hydrogen-bond donors (Lipinski definition) is 0. The molecule has 0 spiro atoms. The third kappa shape index (κ3) is 3.75. The fourth-order valence-corrected chi connectivity index (χ4v) is 3.89. The van der Waals surface area contributed by atoms with Crippen molar-refractivity contribution in [2.24, 2.45) is 0 Å². The summed E-state index contributed by atoms with van der Waals surface area (Å²) in [7, 11) is 1.57. The summed E-state index contributed by atoms with van der Waals surface area (Å²) >= 11 is 0. The number of ether oxygens (including phenoxy) is 2. The first kappa shape index (κ1) is 18.1. The van der Waals surface area contributed by atoms with E-state index in [4.69, 9.17) is 13.9 Å². The first-order valence-corrected chi connectivity index (χ1v) is 9.61. The van der Waals surface area contributed by atoms with E-state index >= 15 is 0 Å². The molecule has 2 aliphatic rings. The summed E-state index contributed by atoms with van der Waals surface area (Å²) in [6.07, 6.45) is 3.94. The zero-order chi connectivity index (χ0) is 18.6. The van der Waals surface area contributed by atoms with Crippen LogP contribution in [0.3, 0.4) is 0 Å². The minimum absolute atomic E-state index is 0.0646. The van der Waals surface area contributed by atoms with Crippen molar-refractivity contribution in [3.63, 3.8) is 0 Å². The van der Waals surface area contributed by atoms with Crippen LogP contribution in [0.2, 0.25) is 0 Å². The highest BCUT2D eigenvalue weighted by molar-refractivity contribution is 5.82. The Balaban J connectivity index is 1.56. The van der Waals surface area contributed by atoms with Gasteiger partial charge in [0.2, 0.25) is 11.8 Å². The summed E-state index contributed by atoms with van der Waals surface area (Å²) in [5.41, 5.74) is 0.847. The number of piperidine rings is 1. The lowest BCUT2D eigenvalue weighted by Gasteiger charge is -2.35. The fraction of sp³-hybridized carbons (Fsp3) is 0.550. The summed E-state index contributed by atoms with van der Waals surface area (Å²) in [5, 5.41) is 8.42. The minimum Gasteiger partial charge on any atom is -0.420 e. The Hall–Kier alpha value is -2.25. The number of amides is 1. The van der Waals surface area contributed by atoms with Crippen LogP contribution in [0.1, 0.15) is 67.7 Å². The largest absolute Gasteiger partial charge is 0.420 e. The highest BCUT2D eigenvalue weighted by Gasteiger charge is 2.36. The molecule has 0 radical (unpaired) electrons. The van der Waals surface area contributed by atoms with Gasteiger partial charge in [-0.25, -0.2) is 0 Å². The highest BCUT2D eigenvalue weighted by atomic mass is 16.5. The van der Waals surface area contributed by atoms with Crippen LogP contribution in [0, 0.1) is 0 Å². The average molecular weight is 371 g/mol. The van der Waals surface area contributed by atoms with Gasteiger partial charge in [-0.1, -0.05) is 30.3 Å². The van der Waals surface area contributed by atoms with Gasteiger partial charge in [-0.05, 0) is 37.7 Å². The van der Waals surface area contributed by atoms with E-state index in [1.54, 1.807) is 7.11 Å². The van der Waals surface area contributed by atoms with E-state index in [1.165, 1.54) is 0 Å². The van der Waals surface area contributed by atoms with E-state index in [0.29, 0.717) is 18.3 Å². The predicted octanol–water partition coefficient (Wildman–Crippen LogP) is 3.36. The molecular weight excluding hydrogens is 346 g/mol. The normalized spacial score (nSPS) is 24.1. The molecule has 3 heterocycles. The van der Waals surface area contributed by atoms with E-state index in [1.807, 2.05) is 35.2 Å². The molecule has 0 N–H and O–H groups in total. The number of aromatic nitrogens is 2. The van der Waals surface area contributed by atoms with Gasteiger partial charge in [0.05, 0.1) is 0 Å². The average Bonchev–Trinajstić information content (AvgIpc) is 3.41. The first-order chi connectivity index (χ1) is 13.3. The Morgan fingerprint density at radius 1 is 1.15 bits per heavy atom. The fourth-order valence-electron chi connectivity index (χ4n) is 3.89. The maximum Gasteiger partial charge on any atom is 0.257 e. The van der Waals surface area contributed by atoms with Crippen LogP contribution in [-0.4, -0.2) is 41.3 Å².